The average molecular weight is 470 g/mol. The highest BCUT2D eigenvalue weighted by atomic mass is 32.2. The summed E-state index contributed by atoms with van der Waals surface area (Å²) in [5.41, 5.74) is 1.32. The number of carbonyl (C=O) groups is 2. The van der Waals surface area contributed by atoms with Gasteiger partial charge in [0.2, 0.25) is 5.91 Å². The lowest BCUT2D eigenvalue weighted by atomic mass is 10.2. The van der Waals surface area contributed by atoms with Gasteiger partial charge in [-0.05, 0) is 17.7 Å². The Kier molecular flexibility index (Phi) is 9.03. The largest absolute Gasteiger partial charge is 0.469 e. The summed E-state index contributed by atoms with van der Waals surface area (Å²) in [6.07, 6.45) is 0.0336. The number of rotatable bonds is 11. The lowest BCUT2D eigenvalue weighted by Gasteiger charge is -2.22. The summed E-state index contributed by atoms with van der Waals surface area (Å²) in [5.74, 6) is -0.418. The molecule has 0 spiro atoms. The Bertz CT molecular complexity index is 1150. The van der Waals surface area contributed by atoms with E-state index < -0.39 is 5.97 Å². The summed E-state index contributed by atoms with van der Waals surface area (Å²) in [6.45, 7) is 1.45. The van der Waals surface area contributed by atoms with E-state index in [9.17, 15) is 14.4 Å². The van der Waals surface area contributed by atoms with Crippen molar-refractivity contribution in [3.8, 4) is 0 Å². The first-order valence-electron chi connectivity index (χ1n) is 10.5. The Morgan fingerprint density at radius 2 is 1.79 bits per heavy atom. The molecule has 2 aromatic carbocycles. The van der Waals surface area contributed by atoms with Crippen LogP contribution in [0.15, 0.2) is 64.5 Å². The number of nitrogens with zero attached hydrogens (tertiary/aromatic N) is 3. The first kappa shape index (κ1) is 24.5. The van der Waals surface area contributed by atoms with Gasteiger partial charge in [-0.3, -0.25) is 19.0 Å². The van der Waals surface area contributed by atoms with Crippen molar-refractivity contribution in [3.63, 3.8) is 0 Å². The van der Waals surface area contributed by atoms with Gasteiger partial charge in [-0.2, -0.15) is 0 Å². The summed E-state index contributed by atoms with van der Waals surface area (Å²) in [6, 6.07) is 16.8. The molecule has 0 aliphatic heterocycles. The summed E-state index contributed by atoms with van der Waals surface area (Å²) >= 11 is 1.18. The van der Waals surface area contributed by atoms with Crippen LogP contribution in [0, 0.1) is 0 Å². The second-order valence-corrected chi connectivity index (χ2v) is 8.22. The number of aromatic nitrogens is 2. The van der Waals surface area contributed by atoms with Gasteiger partial charge in [-0.1, -0.05) is 54.2 Å². The number of hydrogen-bond acceptors (Lipinski definition) is 7. The first-order valence-corrected chi connectivity index (χ1v) is 11.5. The normalized spacial score (nSPS) is 10.8. The van der Waals surface area contributed by atoms with Crippen LogP contribution in [0.4, 0.5) is 0 Å². The van der Waals surface area contributed by atoms with Crippen molar-refractivity contribution in [1.82, 2.24) is 14.5 Å². The number of para-hydroxylation sites is 1. The molecule has 8 nitrogen and oxygen atoms in total. The molecule has 0 fully saturated rings. The number of methoxy groups -OCH3 is 2. The van der Waals surface area contributed by atoms with E-state index in [4.69, 9.17) is 9.47 Å². The lowest BCUT2D eigenvalue weighted by molar-refractivity contribution is -0.140. The van der Waals surface area contributed by atoms with E-state index in [0.717, 1.165) is 5.56 Å². The van der Waals surface area contributed by atoms with Gasteiger partial charge in [0.1, 0.15) is 0 Å². The third-order valence-corrected chi connectivity index (χ3v) is 6.01. The molecule has 3 rings (SSSR count). The number of amides is 1. The number of esters is 1. The van der Waals surface area contributed by atoms with Gasteiger partial charge in [0, 0.05) is 26.7 Å². The summed E-state index contributed by atoms with van der Waals surface area (Å²) < 4.78 is 11.3. The Morgan fingerprint density at radius 3 is 2.52 bits per heavy atom. The average Bonchev–Trinajstić information content (AvgIpc) is 2.85. The Balaban J connectivity index is 1.81. The molecule has 9 heteroatoms. The molecule has 1 heterocycles. The number of thioether (sulfide) groups is 1. The highest BCUT2D eigenvalue weighted by Crippen LogP contribution is 2.19. The van der Waals surface area contributed by atoms with Gasteiger partial charge in [0.15, 0.2) is 5.16 Å². The predicted octanol–water partition coefficient (Wildman–Crippen LogP) is 2.73. The van der Waals surface area contributed by atoms with Crippen LogP contribution in [-0.2, 0) is 32.2 Å². The Hall–Kier alpha value is -3.17. The van der Waals surface area contributed by atoms with Crippen LogP contribution < -0.4 is 5.56 Å². The minimum absolute atomic E-state index is 0.0336. The molecule has 0 saturated carbocycles. The number of carbonyl (C=O) groups excluding carboxylic acids is 2. The molecule has 0 saturated heterocycles. The molecule has 0 aliphatic rings. The molecular formula is C24H27N3O5S. The van der Waals surface area contributed by atoms with Crippen molar-refractivity contribution >= 4 is 34.5 Å². The fourth-order valence-electron chi connectivity index (χ4n) is 3.27. The molecule has 0 N–H and O–H groups in total. The standard InChI is InChI=1S/C24H27N3O5S/c1-31-15-14-26(16-18-8-4-3-5-9-18)21(28)17-33-24-25-20-11-7-6-10-19(20)23(30)27(24)13-12-22(29)32-2/h3-11H,12-17H2,1-2H3. The van der Waals surface area contributed by atoms with Gasteiger partial charge in [-0.15, -0.1) is 0 Å². The highest BCUT2D eigenvalue weighted by molar-refractivity contribution is 7.99. The van der Waals surface area contributed by atoms with E-state index in [1.165, 1.54) is 23.4 Å². The molecule has 0 atom stereocenters. The van der Waals surface area contributed by atoms with Crippen LogP contribution in [0.2, 0.25) is 0 Å². The maximum Gasteiger partial charge on any atom is 0.307 e. The molecule has 0 bridgehead atoms. The number of ether oxygens (including phenoxy) is 2. The first-order chi connectivity index (χ1) is 16.0. The Labute approximate surface area is 196 Å². The molecule has 1 aromatic heterocycles. The maximum absolute atomic E-state index is 13.1. The Morgan fingerprint density at radius 1 is 1.06 bits per heavy atom. The zero-order chi connectivity index (χ0) is 23.6. The molecule has 33 heavy (non-hydrogen) atoms. The van der Waals surface area contributed by atoms with Crippen LogP contribution in [0.5, 0.6) is 0 Å². The molecule has 0 aliphatic carbocycles. The molecule has 0 unspecified atom stereocenters. The molecular weight excluding hydrogens is 442 g/mol. The predicted molar refractivity (Wildman–Crippen MR) is 127 cm³/mol. The van der Waals surface area contributed by atoms with Crippen LogP contribution >= 0.6 is 11.8 Å². The smallest absolute Gasteiger partial charge is 0.307 e. The van der Waals surface area contributed by atoms with E-state index in [1.807, 2.05) is 30.3 Å². The zero-order valence-electron chi connectivity index (χ0n) is 18.7. The van der Waals surface area contributed by atoms with Gasteiger partial charge < -0.3 is 14.4 Å². The van der Waals surface area contributed by atoms with Crippen LogP contribution in [-0.4, -0.2) is 59.5 Å². The van der Waals surface area contributed by atoms with E-state index in [2.05, 4.69) is 4.98 Å². The number of fused-ring (bicyclic) bond motifs is 1. The minimum Gasteiger partial charge on any atom is -0.469 e. The summed E-state index contributed by atoms with van der Waals surface area (Å²) in [4.78, 5) is 44.1. The minimum atomic E-state index is -0.421. The van der Waals surface area contributed by atoms with Crippen molar-refractivity contribution < 1.29 is 19.1 Å². The van der Waals surface area contributed by atoms with Crippen molar-refractivity contribution in [2.75, 3.05) is 33.1 Å². The topological polar surface area (TPSA) is 90.7 Å². The van der Waals surface area contributed by atoms with Gasteiger partial charge in [-0.25, -0.2) is 4.98 Å². The van der Waals surface area contributed by atoms with E-state index in [1.54, 1.807) is 36.3 Å². The molecule has 0 radical (unpaired) electrons. The summed E-state index contributed by atoms with van der Waals surface area (Å²) in [5, 5.41) is 0.853. The highest BCUT2D eigenvalue weighted by Gasteiger charge is 2.18. The fourth-order valence-corrected chi connectivity index (χ4v) is 4.20. The molecule has 1 amide bonds. The quantitative estimate of drug-likeness (QED) is 0.242. The SMILES string of the molecule is COCCN(Cc1ccccc1)C(=O)CSc1nc2ccccc2c(=O)n1CCC(=O)OC. The van der Waals surface area contributed by atoms with Gasteiger partial charge in [0.05, 0.1) is 36.8 Å². The van der Waals surface area contributed by atoms with Crippen molar-refractivity contribution in [2.24, 2.45) is 0 Å². The van der Waals surface area contributed by atoms with Gasteiger partial charge >= 0.3 is 5.97 Å². The van der Waals surface area contributed by atoms with E-state index >= 15 is 0 Å². The second kappa shape index (κ2) is 12.2. The second-order valence-electron chi connectivity index (χ2n) is 7.28. The van der Waals surface area contributed by atoms with Gasteiger partial charge in [0.25, 0.3) is 5.56 Å². The third-order valence-electron chi connectivity index (χ3n) is 5.05. The van der Waals surface area contributed by atoms with Crippen molar-refractivity contribution in [2.45, 2.75) is 24.7 Å². The van der Waals surface area contributed by atoms with Crippen molar-refractivity contribution in [1.29, 1.82) is 0 Å². The summed E-state index contributed by atoms with van der Waals surface area (Å²) in [7, 11) is 2.90. The van der Waals surface area contributed by atoms with E-state index in [-0.39, 0.29) is 30.2 Å². The number of hydrogen-bond donors (Lipinski definition) is 0. The lowest BCUT2D eigenvalue weighted by Crippen LogP contribution is -2.35. The molecule has 3 aromatic rings. The maximum atomic E-state index is 13.1. The monoisotopic (exact) mass is 469 g/mol. The van der Waals surface area contributed by atoms with Crippen LogP contribution in [0.3, 0.4) is 0 Å². The molecule has 174 valence electrons. The van der Waals surface area contributed by atoms with E-state index in [0.29, 0.717) is 35.8 Å². The van der Waals surface area contributed by atoms with Crippen LogP contribution in [0.1, 0.15) is 12.0 Å². The third kappa shape index (κ3) is 6.66. The van der Waals surface area contributed by atoms with Crippen molar-refractivity contribution in [3.05, 3.63) is 70.5 Å². The number of benzene rings is 2. The zero-order valence-corrected chi connectivity index (χ0v) is 19.5. The fraction of sp³-hybridized carbons (Fsp3) is 0.333. The van der Waals surface area contributed by atoms with Crippen LogP contribution in [0.25, 0.3) is 10.9 Å².